The first kappa shape index (κ1) is 12.9. The van der Waals surface area contributed by atoms with Crippen molar-refractivity contribution in [1.82, 2.24) is 15.0 Å². The van der Waals surface area contributed by atoms with E-state index in [0.717, 1.165) is 16.5 Å². The topological polar surface area (TPSA) is 74.6 Å². The Labute approximate surface area is 121 Å². The van der Waals surface area contributed by atoms with Crippen molar-refractivity contribution in [2.75, 3.05) is 0 Å². The van der Waals surface area contributed by atoms with E-state index in [1.807, 2.05) is 36.4 Å². The van der Waals surface area contributed by atoms with Gasteiger partial charge in [0.25, 0.3) is 0 Å². The second kappa shape index (κ2) is 5.88. The molecule has 0 aliphatic heterocycles. The Balaban J connectivity index is 1.93. The van der Waals surface area contributed by atoms with Crippen molar-refractivity contribution < 1.29 is 4.74 Å². The van der Waals surface area contributed by atoms with Crippen LogP contribution in [0.3, 0.4) is 0 Å². The molecule has 0 bridgehead atoms. The largest absolute Gasteiger partial charge is 0.472 e. The van der Waals surface area contributed by atoms with E-state index in [2.05, 4.69) is 15.0 Å². The predicted octanol–water partition coefficient (Wildman–Crippen LogP) is 3.07. The van der Waals surface area contributed by atoms with E-state index in [1.165, 1.54) is 12.4 Å². The quantitative estimate of drug-likeness (QED) is 0.743. The molecule has 0 saturated carbocycles. The number of nitriles is 1. The summed E-state index contributed by atoms with van der Waals surface area (Å²) in [6.45, 7) is 0.430. The zero-order chi connectivity index (χ0) is 14.5. The van der Waals surface area contributed by atoms with Crippen LogP contribution in [-0.2, 0) is 6.61 Å². The summed E-state index contributed by atoms with van der Waals surface area (Å²) in [5.41, 5.74) is 2.58. The van der Waals surface area contributed by atoms with E-state index in [1.54, 1.807) is 12.3 Å². The molecule has 0 amide bonds. The first-order valence-electron chi connectivity index (χ1n) is 6.43. The number of fused-ring (bicyclic) bond motifs is 1. The lowest BCUT2D eigenvalue weighted by atomic mass is 10.2. The van der Waals surface area contributed by atoms with Crippen LogP contribution in [0.2, 0.25) is 0 Å². The Morgan fingerprint density at radius 3 is 2.90 bits per heavy atom. The molecule has 0 aliphatic rings. The zero-order valence-electron chi connectivity index (χ0n) is 11.2. The smallest absolute Gasteiger partial charge is 0.227 e. The second-order valence-electron chi connectivity index (χ2n) is 4.38. The third kappa shape index (κ3) is 2.74. The van der Waals surface area contributed by atoms with E-state index in [0.29, 0.717) is 18.1 Å². The molecule has 1 aromatic carbocycles. The minimum absolute atomic E-state index is 0.430. The number of benzene rings is 1. The van der Waals surface area contributed by atoms with E-state index < -0.39 is 0 Å². The highest BCUT2D eigenvalue weighted by atomic mass is 16.5. The molecule has 21 heavy (non-hydrogen) atoms. The average Bonchev–Trinajstić information content (AvgIpc) is 2.96. The molecular weight excluding hydrogens is 264 g/mol. The number of aromatic nitrogens is 3. The van der Waals surface area contributed by atoms with Crippen molar-refractivity contribution in [3.8, 4) is 11.9 Å². The molecule has 0 atom stereocenters. The van der Waals surface area contributed by atoms with Crippen molar-refractivity contribution >= 4 is 17.1 Å². The summed E-state index contributed by atoms with van der Waals surface area (Å²) < 4.78 is 5.80. The number of hydrogen-bond acceptors (Lipinski definition) is 4. The first-order chi connectivity index (χ1) is 10.4. The molecule has 0 aliphatic carbocycles. The first-order valence-corrected chi connectivity index (χ1v) is 6.43. The van der Waals surface area contributed by atoms with Crippen LogP contribution in [0.5, 0.6) is 5.88 Å². The molecule has 2 heterocycles. The van der Waals surface area contributed by atoms with Gasteiger partial charge in [0, 0.05) is 17.8 Å². The SMILES string of the molecule is N#CC=Cc1c[nH]c2ncnc(OCc3ccccc3)c12. The van der Waals surface area contributed by atoms with Crippen LogP contribution in [0.15, 0.2) is 48.9 Å². The highest BCUT2D eigenvalue weighted by molar-refractivity contribution is 5.90. The van der Waals surface area contributed by atoms with Crippen LogP contribution in [0.4, 0.5) is 0 Å². The Morgan fingerprint density at radius 2 is 2.10 bits per heavy atom. The Morgan fingerprint density at radius 1 is 1.24 bits per heavy atom. The van der Waals surface area contributed by atoms with Crippen LogP contribution < -0.4 is 4.74 Å². The Bertz CT molecular complexity index is 815. The summed E-state index contributed by atoms with van der Waals surface area (Å²) in [6, 6.07) is 11.8. The van der Waals surface area contributed by atoms with Crippen molar-refractivity contribution in [2.45, 2.75) is 6.61 Å². The van der Waals surface area contributed by atoms with Gasteiger partial charge >= 0.3 is 0 Å². The van der Waals surface area contributed by atoms with Crippen LogP contribution in [0.25, 0.3) is 17.1 Å². The van der Waals surface area contributed by atoms with Gasteiger partial charge in [0.15, 0.2) is 0 Å². The third-order valence-corrected chi connectivity index (χ3v) is 3.02. The van der Waals surface area contributed by atoms with E-state index in [9.17, 15) is 0 Å². The van der Waals surface area contributed by atoms with Crippen molar-refractivity contribution in [1.29, 1.82) is 5.26 Å². The van der Waals surface area contributed by atoms with Gasteiger partial charge in [-0.3, -0.25) is 0 Å². The van der Waals surface area contributed by atoms with Gasteiger partial charge in [0.1, 0.15) is 18.6 Å². The summed E-state index contributed by atoms with van der Waals surface area (Å²) in [5, 5.41) is 9.43. The molecule has 102 valence electrons. The van der Waals surface area contributed by atoms with E-state index in [4.69, 9.17) is 10.00 Å². The fourth-order valence-corrected chi connectivity index (χ4v) is 2.05. The van der Waals surface area contributed by atoms with Gasteiger partial charge in [0.05, 0.1) is 11.5 Å². The maximum absolute atomic E-state index is 8.65. The van der Waals surface area contributed by atoms with Gasteiger partial charge in [-0.05, 0) is 11.6 Å². The van der Waals surface area contributed by atoms with Gasteiger partial charge in [-0.15, -0.1) is 0 Å². The molecule has 3 aromatic rings. The molecular formula is C16H12N4O. The van der Waals surface area contributed by atoms with Crippen molar-refractivity contribution in [3.05, 3.63) is 60.1 Å². The summed E-state index contributed by atoms with van der Waals surface area (Å²) in [6.07, 6.45) is 6.35. The predicted molar refractivity (Wildman–Crippen MR) is 79.3 cm³/mol. The fraction of sp³-hybridized carbons (Fsp3) is 0.0625. The van der Waals surface area contributed by atoms with Gasteiger partial charge in [-0.1, -0.05) is 30.3 Å². The van der Waals surface area contributed by atoms with Gasteiger partial charge in [0.2, 0.25) is 5.88 Å². The number of hydrogen-bond donors (Lipinski definition) is 1. The lowest BCUT2D eigenvalue weighted by Crippen LogP contribution is -1.98. The molecule has 5 nitrogen and oxygen atoms in total. The standard InChI is InChI=1S/C16H12N4O/c17-8-4-7-13-9-18-15-14(13)16(20-11-19-15)21-10-12-5-2-1-3-6-12/h1-7,9,11H,10H2,(H,18,19,20). The van der Waals surface area contributed by atoms with E-state index >= 15 is 0 Å². The summed E-state index contributed by atoms with van der Waals surface area (Å²) in [4.78, 5) is 11.4. The van der Waals surface area contributed by atoms with E-state index in [-0.39, 0.29) is 0 Å². The second-order valence-corrected chi connectivity index (χ2v) is 4.38. The minimum atomic E-state index is 0.430. The van der Waals surface area contributed by atoms with Crippen LogP contribution in [-0.4, -0.2) is 15.0 Å². The lowest BCUT2D eigenvalue weighted by Gasteiger charge is -2.06. The number of allylic oxidation sites excluding steroid dienone is 1. The Hall–Kier alpha value is -3.13. The highest BCUT2D eigenvalue weighted by Crippen LogP contribution is 2.26. The molecule has 3 rings (SSSR count). The van der Waals surface area contributed by atoms with Crippen molar-refractivity contribution in [3.63, 3.8) is 0 Å². The third-order valence-electron chi connectivity index (χ3n) is 3.02. The van der Waals surface area contributed by atoms with Gasteiger partial charge in [-0.25, -0.2) is 9.97 Å². The molecule has 0 radical (unpaired) electrons. The summed E-state index contributed by atoms with van der Waals surface area (Å²) in [5.74, 6) is 0.502. The van der Waals surface area contributed by atoms with Crippen LogP contribution >= 0.6 is 0 Å². The van der Waals surface area contributed by atoms with Gasteiger partial charge in [-0.2, -0.15) is 5.26 Å². The molecule has 0 unspecified atom stereocenters. The molecule has 2 aromatic heterocycles. The number of H-pyrrole nitrogens is 1. The summed E-state index contributed by atoms with van der Waals surface area (Å²) in [7, 11) is 0. The maximum atomic E-state index is 8.65. The number of aromatic amines is 1. The Kier molecular flexibility index (Phi) is 3.61. The molecule has 0 fully saturated rings. The van der Waals surface area contributed by atoms with Crippen LogP contribution in [0.1, 0.15) is 11.1 Å². The highest BCUT2D eigenvalue weighted by Gasteiger charge is 2.10. The number of nitrogens with zero attached hydrogens (tertiary/aromatic N) is 3. The fourth-order valence-electron chi connectivity index (χ4n) is 2.05. The minimum Gasteiger partial charge on any atom is -0.472 e. The average molecular weight is 276 g/mol. The van der Waals surface area contributed by atoms with Crippen LogP contribution in [0, 0.1) is 11.3 Å². The number of nitrogens with one attached hydrogen (secondary N) is 1. The molecule has 0 spiro atoms. The van der Waals surface area contributed by atoms with Gasteiger partial charge < -0.3 is 9.72 Å². The molecule has 0 saturated heterocycles. The maximum Gasteiger partial charge on any atom is 0.227 e. The number of rotatable bonds is 4. The molecule has 5 heteroatoms. The summed E-state index contributed by atoms with van der Waals surface area (Å²) >= 11 is 0. The lowest BCUT2D eigenvalue weighted by molar-refractivity contribution is 0.297. The molecule has 1 N–H and O–H groups in total. The normalized spacial score (nSPS) is 10.8. The van der Waals surface area contributed by atoms with Crippen molar-refractivity contribution in [2.24, 2.45) is 0 Å². The number of ether oxygens (including phenoxy) is 1. The zero-order valence-corrected chi connectivity index (χ0v) is 11.2. The monoisotopic (exact) mass is 276 g/mol.